The third-order valence-electron chi connectivity index (χ3n) is 6.33. The third kappa shape index (κ3) is 5.18. The molecule has 0 radical (unpaired) electrons. The van der Waals surface area contributed by atoms with E-state index in [-0.39, 0.29) is 6.54 Å². The van der Waals surface area contributed by atoms with Crippen LogP contribution in [-0.2, 0) is 6.54 Å². The molecule has 0 aliphatic heterocycles. The predicted octanol–water partition coefficient (Wildman–Crippen LogP) is 7.97. The predicted molar refractivity (Wildman–Crippen MR) is 155 cm³/mol. The molecule has 39 heavy (non-hydrogen) atoms. The summed E-state index contributed by atoms with van der Waals surface area (Å²) in [6.45, 7) is 0.110. The van der Waals surface area contributed by atoms with Gasteiger partial charge in [0.05, 0.1) is 6.54 Å². The van der Waals surface area contributed by atoms with Gasteiger partial charge >= 0.3 is 6.09 Å². The Kier molecular flexibility index (Phi) is 6.68. The summed E-state index contributed by atoms with van der Waals surface area (Å²) in [5.74, 6) is 0.970. The molecule has 1 amide bonds. The van der Waals surface area contributed by atoms with Crippen LogP contribution in [0.4, 0.5) is 4.79 Å². The highest BCUT2D eigenvalue weighted by Crippen LogP contribution is 2.29. The maximum absolute atomic E-state index is 12.1. The number of oxazole rings is 2. The fourth-order valence-corrected chi connectivity index (χ4v) is 4.98. The van der Waals surface area contributed by atoms with Gasteiger partial charge in [-0.2, -0.15) is 0 Å². The van der Waals surface area contributed by atoms with Crippen molar-refractivity contribution in [1.82, 2.24) is 14.9 Å². The van der Waals surface area contributed by atoms with Crippen LogP contribution < -0.4 is 5.73 Å². The van der Waals surface area contributed by atoms with Gasteiger partial charge in [0.2, 0.25) is 11.8 Å². The molecule has 0 spiro atoms. The maximum Gasteiger partial charge on any atom is 0.409 e. The molecular formula is C29H20Br2N4O4. The second kappa shape index (κ2) is 10.3. The quantitative estimate of drug-likeness (QED) is 0.176. The Labute approximate surface area is 239 Å². The molecule has 0 bridgehead atoms. The van der Waals surface area contributed by atoms with Gasteiger partial charge in [-0.3, -0.25) is 4.90 Å². The van der Waals surface area contributed by atoms with Gasteiger partial charge in [0, 0.05) is 20.1 Å². The van der Waals surface area contributed by atoms with Crippen molar-refractivity contribution in [2.75, 3.05) is 0 Å². The topological polar surface area (TPSA) is 119 Å². The van der Waals surface area contributed by atoms with E-state index >= 15 is 0 Å². The van der Waals surface area contributed by atoms with Crippen LogP contribution in [0.15, 0.2) is 103 Å². The standard InChI is InChI=1S/C29H20Br2N4O4/c30-20-9-11-24-22(13-20)33-27(38-24)18-3-1-16(2-4-18)15-35(29(36)37)26(32)17-5-7-19(8-6-17)28-34-23-14-21(31)10-12-25(23)39-28/h1-14,26H,15,32H2,(H,36,37). The van der Waals surface area contributed by atoms with Crippen molar-refractivity contribution < 1.29 is 18.7 Å². The molecule has 0 aliphatic rings. The number of amides is 1. The lowest BCUT2D eigenvalue weighted by Gasteiger charge is -2.26. The van der Waals surface area contributed by atoms with Gasteiger partial charge in [0.25, 0.3) is 0 Å². The van der Waals surface area contributed by atoms with Crippen LogP contribution in [0.25, 0.3) is 45.1 Å². The second-order valence-corrected chi connectivity index (χ2v) is 10.8. The Bertz CT molecular complexity index is 1810. The van der Waals surface area contributed by atoms with Gasteiger partial charge in [0.15, 0.2) is 11.2 Å². The highest BCUT2D eigenvalue weighted by atomic mass is 79.9. The summed E-state index contributed by atoms with van der Waals surface area (Å²) in [4.78, 5) is 22.4. The Hall–Kier alpha value is -3.99. The van der Waals surface area contributed by atoms with Crippen molar-refractivity contribution in [3.63, 3.8) is 0 Å². The van der Waals surface area contributed by atoms with Crippen LogP contribution in [0, 0.1) is 0 Å². The van der Waals surface area contributed by atoms with Crippen molar-refractivity contribution >= 4 is 60.2 Å². The van der Waals surface area contributed by atoms with E-state index in [1.54, 1.807) is 12.1 Å². The number of rotatable bonds is 6. The Morgan fingerprint density at radius 3 is 1.77 bits per heavy atom. The van der Waals surface area contributed by atoms with Crippen molar-refractivity contribution in [3.8, 4) is 22.9 Å². The maximum atomic E-state index is 12.1. The number of aromatic nitrogens is 2. The molecular weight excluding hydrogens is 628 g/mol. The molecule has 0 saturated carbocycles. The summed E-state index contributed by atoms with van der Waals surface area (Å²) < 4.78 is 13.6. The van der Waals surface area contributed by atoms with E-state index in [2.05, 4.69) is 41.8 Å². The molecule has 194 valence electrons. The van der Waals surface area contributed by atoms with E-state index in [9.17, 15) is 9.90 Å². The highest BCUT2D eigenvalue weighted by Gasteiger charge is 2.22. The Morgan fingerprint density at radius 1 is 0.795 bits per heavy atom. The van der Waals surface area contributed by atoms with Crippen LogP contribution in [0.2, 0.25) is 0 Å². The second-order valence-electron chi connectivity index (χ2n) is 8.94. The molecule has 4 aromatic carbocycles. The number of nitrogens with two attached hydrogens (primary N) is 1. The summed E-state index contributed by atoms with van der Waals surface area (Å²) >= 11 is 6.88. The molecule has 0 saturated heterocycles. The fourth-order valence-electron chi connectivity index (χ4n) is 4.29. The number of hydrogen-bond acceptors (Lipinski definition) is 6. The first-order valence-corrected chi connectivity index (χ1v) is 13.5. The first-order valence-electron chi connectivity index (χ1n) is 11.9. The summed E-state index contributed by atoms with van der Waals surface area (Å²) in [5.41, 5.74) is 12.3. The number of nitrogens with zero attached hydrogens (tertiary/aromatic N) is 3. The Balaban J connectivity index is 1.19. The number of hydrogen-bond donors (Lipinski definition) is 2. The fraction of sp³-hybridized carbons (Fsp3) is 0.0690. The van der Waals surface area contributed by atoms with E-state index in [0.717, 1.165) is 36.7 Å². The third-order valence-corrected chi connectivity index (χ3v) is 7.32. The lowest BCUT2D eigenvalue weighted by Crippen LogP contribution is -2.38. The number of carbonyl (C=O) groups is 1. The average Bonchev–Trinajstić information content (AvgIpc) is 3.55. The van der Waals surface area contributed by atoms with Crippen LogP contribution >= 0.6 is 31.9 Å². The lowest BCUT2D eigenvalue weighted by molar-refractivity contribution is 0.121. The minimum absolute atomic E-state index is 0.110. The summed E-state index contributed by atoms with van der Waals surface area (Å²) in [6.07, 6.45) is -1.99. The molecule has 6 aromatic rings. The van der Waals surface area contributed by atoms with Gasteiger partial charge < -0.3 is 19.7 Å². The summed E-state index contributed by atoms with van der Waals surface area (Å²) in [6, 6.07) is 25.9. The normalized spacial score (nSPS) is 12.2. The van der Waals surface area contributed by atoms with Gasteiger partial charge in [-0.1, -0.05) is 56.1 Å². The zero-order valence-electron chi connectivity index (χ0n) is 20.2. The minimum atomic E-state index is -1.12. The van der Waals surface area contributed by atoms with Gasteiger partial charge in [-0.05, 0) is 71.8 Å². The van der Waals surface area contributed by atoms with E-state index < -0.39 is 12.3 Å². The van der Waals surface area contributed by atoms with Gasteiger partial charge in [0.1, 0.15) is 17.2 Å². The van der Waals surface area contributed by atoms with Crippen molar-refractivity contribution in [3.05, 3.63) is 105 Å². The van der Waals surface area contributed by atoms with E-state index in [4.69, 9.17) is 14.6 Å². The summed E-state index contributed by atoms with van der Waals surface area (Å²) in [5, 5.41) is 9.93. The van der Waals surface area contributed by atoms with Crippen LogP contribution in [0.3, 0.4) is 0 Å². The van der Waals surface area contributed by atoms with Gasteiger partial charge in [-0.15, -0.1) is 0 Å². The first-order chi connectivity index (χ1) is 18.8. The number of benzene rings is 4. The van der Waals surface area contributed by atoms with Crippen LogP contribution in [-0.4, -0.2) is 26.1 Å². The molecule has 8 nitrogen and oxygen atoms in total. The van der Waals surface area contributed by atoms with Gasteiger partial charge in [-0.25, -0.2) is 14.8 Å². The zero-order chi connectivity index (χ0) is 27.1. The van der Waals surface area contributed by atoms with E-state index in [1.807, 2.05) is 72.8 Å². The lowest BCUT2D eigenvalue weighted by atomic mass is 10.1. The SMILES string of the molecule is NC(c1ccc(-c2nc3cc(Br)ccc3o2)cc1)N(Cc1ccc(-c2nc3cc(Br)ccc3o2)cc1)C(=O)O. The molecule has 2 heterocycles. The first kappa shape index (κ1) is 25.3. The molecule has 0 fully saturated rings. The zero-order valence-corrected chi connectivity index (χ0v) is 23.4. The van der Waals surface area contributed by atoms with E-state index in [0.29, 0.717) is 28.5 Å². The summed E-state index contributed by atoms with van der Waals surface area (Å²) in [7, 11) is 0. The van der Waals surface area contributed by atoms with Crippen molar-refractivity contribution in [2.45, 2.75) is 12.7 Å². The highest BCUT2D eigenvalue weighted by molar-refractivity contribution is 9.10. The van der Waals surface area contributed by atoms with Crippen molar-refractivity contribution in [2.24, 2.45) is 5.73 Å². The molecule has 0 aliphatic carbocycles. The Morgan fingerprint density at radius 2 is 1.28 bits per heavy atom. The smallest absolute Gasteiger partial charge is 0.409 e. The minimum Gasteiger partial charge on any atom is -0.465 e. The molecule has 6 rings (SSSR count). The molecule has 2 aromatic heterocycles. The molecule has 1 atom stereocenters. The van der Waals surface area contributed by atoms with Crippen LogP contribution in [0.5, 0.6) is 0 Å². The number of carboxylic acid groups (broad SMARTS) is 1. The molecule has 3 N–H and O–H groups in total. The number of halogens is 2. The largest absolute Gasteiger partial charge is 0.465 e. The van der Waals surface area contributed by atoms with Crippen molar-refractivity contribution in [1.29, 1.82) is 0 Å². The van der Waals surface area contributed by atoms with Crippen LogP contribution in [0.1, 0.15) is 17.3 Å². The monoisotopic (exact) mass is 646 g/mol. The van der Waals surface area contributed by atoms with E-state index in [1.165, 1.54) is 4.90 Å². The molecule has 1 unspecified atom stereocenters. The number of fused-ring (bicyclic) bond motifs is 2. The molecule has 10 heteroatoms. The average molecular weight is 648 g/mol.